The normalized spacial score (nSPS) is 15.2. The molecule has 1 fully saturated rings. The third kappa shape index (κ3) is 3.94. The van der Waals surface area contributed by atoms with Gasteiger partial charge in [0, 0.05) is 39.3 Å². The lowest BCUT2D eigenvalue weighted by Gasteiger charge is -2.40. The molecule has 1 aromatic rings. The number of halogens is 1. The highest BCUT2D eigenvalue weighted by atomic mass is 19.1. The fourth-order valence-electron chi connectivity index (χ4n) is 3.25. The number of amides is 2. The minimum absolute atomic E-state index is 0.140. The molecular weight excluding hydrogens is 321 g/mol. The van der Waals surface area contributed by atoms with E-state index in [9.17, 15) is 14.0 Å². The Kier molecular flexibility index (Phi) is 6.03. The summed E-state index contributed by atoms with van der Waals surface area (Å²) in [6.45, 7) is 10.5. The number of anilines is 1. The van der Waals surface area contributed by atoms with Crippen LogP contribution in [0.4, 0.5) is 10.1 Å². The Labute approximate surface area is 149 Å². The predicted octanol–water partition coefficient (Wildman–Crippen LogP) is 2.37. The fraction of sp³-hybridized carbons (Fsp3) is 0.579. The van der Waals surface area contributed by atoms with Gasteiger partial charge in [-0.1, -0.05) is 12.1 Å². The van der Waals surface area contributed by atoms with Crippen molar-refractivity contribution in [2.75, 3.05) is 44.2 Å². The van der Waals surface area contributed by atoms with Crippen molar-refractivity contribution < 1.29 is 14.0 Å². The minimum atomic E-state index is -1.08. The molecule has 0 bridgehead atoms. The maximum absolute atomic E-state index is 13.9. The van der Waals surface area contributed by atoms with Gasteiger partial charge in [-0.2, -0.15) is 0 Å². The topological polar surface area (TPSA) is 43.9 Å². The van der Waals surface area contributed by atoms with Gasteiger partial charge in [-0.05, 0) is 39.8 Å². The Morgan fingerprint density at radius 2 is 1.64 bits per heavy atom. The Hall–Kier alpha value is -2.11. The van der Waals surface area contributed by atoms with E-state index in [1.807, 2.05) is 24.8 Å². The zero-order valence-electron chi connectivity index (χ0n) is 15.6. The molecule has 1 heterocycles. The van der Waals surface area contributed by atoms with E-state index < -0.39 is 5.41 Å². The first kappa shape index (κ1) is 19.2. The molecule has 6 heteroatoms. The van der Waals surface area contributed by atoms with E-state index in [1.165, 1.54) is 6.07 Å². The maximum atomic E-state index is 13.9. The van der Waals surface area contributed by atoms with Crippen molar-refractivity contribution in [3.8, 4) is 0 Å². The van der Waals surface area contributed by atoms with Crippen LogP contribution in [0.1, 0.15) is 27.7 Å². The number of piperazine rings is 1. The van der Waals surface area contributed by atoms with Crippen LogP contribution in [-0.2, 0) is 9.59 Å². The summed E-state index contributed by atoms with van der Waals surface area (Å²) in [5, 5.41) is 0. The van der Waals surface area contributed by atoms with Crippen LogP contribution < -0.4 is 4.90 Å². The smallest absolute Gasteiger partial charge is 0.237 e. The number of rotatable bonds is 5. The van der Waals surface area contributed by atoms with Gasteiger partial charge in [-0.15, -0.1) is 0 Å². The van der Waals surface area contributed by atoms with Crippen molar-refractivity contribution in [3.05, 3.63) is 30.1 Å². The second kappa shape index (κ2) is 7.85. The first-order valence-electron chi connectivity index (χ1n) is 8.91. The van der Waals surface area contributed by atoms with Crippen LogP contribution in [0.25, 0.3) is 0 Å². The van der Waals surface area contributed by atoms with E-state index in [0.717, 1.165) is 0 Å². The molecule has 1 aliphatic rings. The number of hydrogen-bond donors (Lipinski definition) is 0. The number of carbonyl (C=O) groups is 2. The summed E-state index contributed by atoms with van der Waals surface area (Å²) in [5.74, 6) is -0.545. The molecule has 0 unspecified atom stereocenters. The van der Waals surface area contributed by atoms with Crippen molar-refractivity contribution in [2.24, 2.45) is 5.41 Å². The molecule has 1 saturated heterocycles. The van der Waals surface area contributed by atoms with Gasteiger partial charge in [0.1, 0.15) is 11.2 Å². The van der Waals surface area contributed by atoms with Crippen molar-refractivity contribution in [1.82, 2.24) is 9.80 Å². The van der Waals surface area contributed by atoms with E-state index in [0.29, 0.717) is 45.0 Å². The highest BCUT2D eigenvalue weighted by Gasteiger charge is 2.41. The summed E-state index contributed by atoms with van der Waals surface area (Å²) in [5.41, 5.74) is -0.514. The largest absolute Gasteiger partial charge is 0.366 e. The third-order valence-electron chi connectivity index (χ3n) is 4.88. The second-order valence-electron chi connectivity index (χ2n) is 6.83. The predicted molar refractivity (Wildman–Crippen MR) is 96.9 cm³/mol. The molecule has 1 aromatic carbocycles. The van der Waals surface area contributed by atoms with E-state index >= 15 is 0 Å². The summed E-state index contributed by atoms with van der Waals surface area (Å²) in [6.07, 6.45) is 0. The molecule has 1 aliphatic heterocycles. The highest BCUT2D eigenvalue weighted by molar-refractivity contribution is 6.04. The van der Waals surface area contributed by atoms with Crippen LogP contribution >= 0.6 is 0 Å². The monoisotopic (exact) mass is 349 g/mol. The molecule has 0 saturated carbocycles. The van der Waals surface area contributed by atoms with Crippen molar-refractivity contribution in [2.45, 2.75) is 27.7 Å². The van der Waals surface area contributed by atoms with Crippen LogP contribution in [0.2, 0.25) is 0 Å². The van der Waals surface area contributed by atoms with E-state index in [1.54, 1.807) is 35.8 Å². The number of nitrogens with zero attached hydrogens (tertiary/aromatic N) is 3. The summed E-state index contributed by atoms with van der Waals surface area (Å²) >= 11 is 0. The lowest BCUT2D eigenvalue weighted by molar-refractivity contribution is -0.154. The molecule has 0 aromatic heterocycles. The Morgan fingerprint density at radius 1 is 1.08 bits per heavy atom. The maximum Gasteiger partial charge on any atom is 0.237 e. The quantitative estimate of drug-likeness (QED) is 0.767. The molecule has 138 valence electrons. The van der Waals surface area contributed by atoms with Crippen LogP contribution in [0.5, 0.6) is 0 Å². The molecule has 0 aliphatic carbocycles. The van der Waals surface area contributed by atoms with E-state index in [4.69, 9.17) is 0 Å². The molecule has 0 radical (unpaired) electrons. The van der Waals surface area contributed by atoms with Gasteiger partial charge in [0.05, 0.1) is 5.69 Å². The first-order chi connectivity index (χ1) is 11.8. The van der Waals surface area contributed by atoms with E-state index in [-0.39, 0.29) is 17.6 Å². The van der Waals surface area contributed by atoms with Crippen LogP contribution in [-0.4, -0.2) is 60.9 Å². The lowest BCUT2D eigenvalue weighted by atomic mass is 9.89. The summed E-state index contributed by atoms with van der Waals surface area (Å²) in [4.78, 5) is 30.9. The molecule has 25 heavy (non-hydrogen) atoms. The van der Waals surface area contributed by atoms with Crippen molar-refractivity contribution in [3.63, 3.8) is 0 Å². The van der Waals surface area contributed by atoms with Crippen LogP contribution in [0.15, 0.2) is 24.3 Å². The van der Waals surface area contributed by atoms with Gasteiger partial charge < -0.3 is 14.7 Å². The number of hydrogen-bond acceptors (Lipinski definition) is 3. The number of carbonyl (C=O) groups excluding carboxylic acids is 2. The molecule has 5 nitrogen and oxygen atoms in total. The Morgan fingerprint density at radius 3 is 2.16 bits per heavy atom. The van der Waals surface area contributed by atoms with Crippen molar-refractivity contribution >= 4 is 17.5 Å². The second-order valence-corrected chi connectivity index (χ2v) is 6.83. The molecule has 0 atom stereocenters. The Bertz CT molecular complexity index is 621. The molecule has 2 rings (SSSR count). The average molecular weight is 349 g/mol. The number of para-hydroxylation sites is 1. The highest BCUT2D eigenvalue weighted by Crippen LogP contribution is 2.25. The zero-order valence-corrected chi connectivity index (χ0v) is 15.6. The standard InChI is InChI=1S/C19H28FN3O2/c1-5-21(6-2)17(24)19(3,4)18(25)23-13-11-22(12-14-23)16-10-8-7-9-15(16)20/h7-10H,5-6,11-14H2,1-4H3. The van der Waals surface area contributed by atoms with Gasteiger partial charge in [-0.3, -0.25) is 9.59 Å². The van der Waals surface area contributed by atoms with E-state index in [2.05, 4.69) is 0 Å². The molecular formula is C19H28FN3O2. The van der Waals surface area contributed by atoms with Gasteiger partial charge in [0.2, 0.25) is 11.8 Å². The van der Waals surface area contributed by atoms with Gasteiger partial charge in [-0.25, -0.2) is 4.39 Å². The number of benzene rings is 1. The van der Waals surface area contributed by atoms with Gasteiger partial charge in [0.15, 0.2) is 0 Å². The molecule has 0 spiro atoms. The van der Waals surface area contributed by atoms with Crippen molar-refractivity contribution in [1.29, 1.82) is 0 Å². The van der Waals surface area contributed by atoms with Crippen LogP contribution in [0, 0.1) is 11.2 Å². The minimum Gasteiger partial charge on any atom is -0.366 e. The van der Waals surface area contributed by atoms with Crippen LogP contribution in [0.3, 0.4) is 0 Å². The summed E-state index contributed by atoms with van der Waals surface area (Å²) in [7, 11) is 0. The lowest BCUT2D eigenvalue weighted by Crippen LogP contribution is -2.56. The van der Waals surface area contributed by atoms with Gasteiger partial charge in [0.25, 0.3) is 0 Å². The Balaban J connectivity index is 2.03. The fourth-order valence-corrected chi connectivity index (χ4v) is 3.25. The third-order valence-corrected chi connectivity index (χ3v) is 4.88. The summed E-state index contributed by atoms with van der Waals surface area (Å²) in [6, 6.07) is 6.67. The SMILES string of the molecule is CCN(CC)C(=O)C(C)(C)C(=O)N1CCN(c2ccccc2F)CC1. The zero-order chi connectivity index (χ0) is 18.6. The molecule has 0 N–H and O–H groups in total. The molecule has 2 amide bonds. The first-order valence-corrected chi connectivity index (χ1v) is 8.91. The van der Waals surface area contributed by atoms with Gasteiger partial charge >= 0.3 is 0 Å². The summed E-state index contributed by atoms with van der Waals surface area (Å²) < 4.78 is 13.9. The average Bonchev–Trinajstić information content (AvgIpc) is 2.62.